The summed E-state index contributed by atoms with van der Waals surface area (Å²) in [5, 5.41) is 6.86. The van der Waals surface area contributed by atoms with E-state index >= 15 is 0 Å². The van der Waals surface area contributed by atoms with Crippen LogP contribution >= 0.6 is 34.5 Å². The van der Waals surface area contributed by atoms with Gasteiger partial charge in [0.25, 0.3) is 0 Å². The quantitative estimate of drug-likeness (QED) is 0.642. The van der Waals surface area contributed by atoms with Gasteiger partial charge >= 0.3 is 0 Å². The number of benzene rings is 2. The number of aromatic nitrogens is 1. The molecule has 0 aliphatic heterocycles. The first-order chi connectivity index (χ1) is 11.5. The molecule has 0 radical (unpaired) electrons. The van der Waals surface area contributed by atoms with Crippen LogP contribution in [0.3, 0.4) is 0 Å². The van der Waals surface area contributed by atoms with E-state index in [4.69, 9.17) is 23.2 Å². The molecule has 1 amide bonds. The molecule has 0 saturated heterocycles. The minimum absolute atomic E-state index is 0.127. The number of hydrogen-bond donors (Lipinski definition) is 1. The Kier molecular flexibility index (Phi) is 5.19. The number of aryl methyl sites for hydroxylation is 1. The lowest BCUT2D eigenvalue weighted by atomic mass is 10.2. The van der Waals surface area contributed by atoms with Gasteiger partial charge in [-0.2, -0.15) is 0 Å². The number of rotatable bonds is 4. The van der Waals surface area contributed by atoms with Crippen LogP contribution in [0.15, 0.2) is 47.8 Å². The molecule has 1 aromatic heterocycles. The molecule has 24 heavy (non-hydrogen) atoms. The zero-order valence-electron chi connectivity index (χ0n) is 12.8. The van der Waals surface area contributed by atoms with Crippen molar-refractivity contribution in [3.8, 4) is 10.6 Å². The second kappa shape index (κ2) is 7.34. The number of hydrogen-bond acceptors (Lipinski definition) is 3. The zero-order valence-corrected chi connectivity index (χ0v) is 15.2. The smallest absolute Gasteiger partial charge is 0.230 e. The Balaban J connectivity index is 1.68. The van der Waals surface area contributed by atoms with Gasteiger partial charge in [0, 0.05) is 26.7 Å². The number of nitrogens with one attached hydrogen (secondary N) is 1. The summed E-state index contributed by atoms with van der Waals surface area (Å²) in [6.45, 7) is 1.92. The lowest BCUT2D eigenvalue weighted by Gasteiger charge is -2.06. The monoisotopic (exact) mass is 376 g/mol. The van der Waals surface area contributed by atoms with Gasteiger partial charge in [-0.25, -0.2) is 4.98 Å². The van der Waals surface area contributed by atoms with Crippen molar-refractivity contribution < 1.29 is 4.79 Å². The van der Waals surface area contributed by atoms with Crippen LogP contribution in [0.2, 0.25) is 10.0 Å². The fourth-order valence-corrected chi connectivity index (χ4v) is 3.37. The minimum Gasteiger partial charge on any atom is -0.326 e. The summed E-state index contributed by atoms with van der Waals surface area (Å²) in [5.74, 6) is -0.127. The molecular formula is C18H14Cl2N2OS. The number of carbonyl (C=O) groups is 1. The van der Waals surface area contributed by atoms with Gasteiger partial charge in [0.15, 0.2) is 0 Å². The fourth-order valence-electron chi connectivity index (χ4n) is 2.18. The van der Waals surface area contributed by atoms with Gasteiger partial charge < -0.3 is 5.32 Å². The van der Waals surface area contributed by atoms with Crippen LogP contribution in [0.25, 0.3) is 10.6 Å². The number of carbonyl (C=O) groups excluding carboxylic acids is 1. The predicted octanol–water partition coefficient (Wildman–Crippen LogP) is 5.61. The third-order valence-electron chi connectivity index (χ3n) is 3.42. The first-order valence-electron chi connectivity index (χ1n) is 7.27. The highest BCUT2D eigenvalue weighted by Gasteiger charge is 2.10. The summed E-state index contributed by atoms with van der Waals surface area (Å²) in [5.41, 5.74) is 3.33. The Hall–Kier alpha value is -1.88. The highest BCUT2D eigenvalue weighted by molar-refractivity contribution is 7.13. The molecule has 3 aromatic rings. The molecule has 0 saturated carbocycles. The van der Waals surface area contributed by atoms with Crippen molar-refractivity contribution in [1.82, 2.24) is 4.98 Å². The van der Waals surface area contributed by atoms with Gasteiger partial charge in [-0.3, -0.25) is 4.79 Å². The SMILES string of the molecule is Cc1ccc(NC(=O)Cc2csc(-c3cccc(Cl)c3)n2)cc1Cl. The maximum absolute atomic E-state index is 12.2. The molecule has 0 unspecified atom stereocenters. The number of nitrogens with zero attached hydrogens (tertiary/aromatic N) is 1. The van der Waals surface area contributed by atoms with E-state index in [-0.39, 0.29) is 12.3 Å². The average molecular weight is 377 g/mol. The standard InChI is InChI=1S/C18H14Cl2N2OS/c1-11-5-6-14(8-16(11)20)21-17(23)9-15-10-24-18(22-15)12-3-2-4-13(19)7-12/h2-8,10H,9H2,1H3,(H,21,23). The third kappa shape index (κ3) is 4.15. The number of amides is 1. The second-order valence-corrected chi connectivity index (χ2v) is 7.04. The van der Waals surface area contributed by atoms with Crippen molar-refractivity contribution in [1.29, 1.82) is 0 Å². The summed E-state index contributed by atoms with van der Waals surface area (Å²) in [4.78, 5) is 16.7. The van der Waals surface area contributed by atoms with E-state index in [1.165, 1.54) is 11.3 Å². The molecule has 0 spiro atoms. The molecule has 3 nitrogen and oxygen atoms in total. The summed E-state index contributed by atoms with van der Waals surface area (Å²) in [6.07, 6.45) is 0.211. The molecule has 0 atom stereocenters. The van der Waals surface area contributed by atoms with Crippen LogP contribution in [0.1, 0.15) is 11.3 Å². The molecule has 0 bridgehead atoms. The van der Waals surface area contributed by atoms with Crippen molar-refractivity contribution in [2.75, 3.05) is 5.32 Å². The molecule has 0 aliphatic carbocycles. The number of thiazole rings is 1. The van der Waals surface area contributed by atoms with E-state index in [1.54, 1.807) is 6.07 Å². The first-order valence-corrected chi connectivity index (χ1v) is 8.91. The Morgan fingerprint density at radius 3 is 2.79 bits per heavy atom. The van der Waals surface area contributed by atoms with E-state index in [1.807, 2.05) is 48.7 Å². The summed E-state index contributed by atoms with van der Waals surface area (Å²) in [7, 11) is 0. The maximum atomic E-state index is 12.2. The number of halogens is 2. The summed E-state index contributed by atoms with van der Waals surface area (Å²) < 4.78 is 0. The van der Waals surface area contributed by atoms with E-state index < -0.39 is 0 Å². The van der Waals surface area contributed by atoms with Gasteiger partial charge in [-0.15, -0.1) is 11.3 Å². The summed E-state index contributed by atoms with van der Waals surface area (Å²) in [6, 6.07) is 13.0. The summed E-state index contributed by atoms with van der Waals surface area (Å²) >= 11 is 13.6. The van der Waals surface area contributed by atoms with Crippen LogP contribution in [-0.4, -0.2) is 10.9 Å². The highest BCUT2D eigenvalue weighted by atomic mass is 35.5. The van der Waals surface area contributed by atoms with Crippen molar-refractivity contribution in [3.05, 3.63) is 69.1 Å². The van der Waals surface area contributed by atoms with Crippen LogP contribution in [0.4, 0.5) is 5.69 Å². The van der Waals surface area contributed by atoms with E-state index in [0.29, 0.717) is 15.7 Å². The molecule has 1 heterocycles. The van der Waals surface area contributed by atoms with Gasteiger partial charge in [-0.05, 0) is 36.8 Å². The van der Waals surface area contributed by atoms with Crippen LogP contribution in [0, 0.1) is 6.92 Å². The Morgan fingerprint density at radius 2 is 2.04 bits per heavy atom. The topological polar surface area (TPSA) is 42.0 Å². The van der Waals surface area contributed by atoms with E-state index in [9.17, 15) is 4.79 Å². The van der Waals surface area contributed by atoms with Crippen molar-refractivity contribution in [2.45, 2.75) is 13.3 Å². The normalized spacial score (nSPS) is 10.6. The molecular weight excluding hydrogens is 363 g/mol. The largest absolute Gasteiger partial charge is 0.326 e. The molecule has 0 aliphatic rings. The number of anilines is 1. The van der Waals surface area contributed by atoms with Crippen LogP contribution in [0.5, 0.6) is 0 Å². The molecule has 1 N–H and O–H groups in total. The predicted molar refractivity (Wildman–Crippen MR) is 101 cm³/mol. The highest BCUT2D eigenvalue weighted by Crippen LogP contribution is 2.26. The van der Waals surface area contributed by atoms with Crippen LogP contribution < -0.4 is 5.32 Å². The van der Waals surface area contributed by atoms with Crippen molar-refractivity contribution in [2.24, 2.45) is 0 Å². The molecule has 6 heteroatoms. The van der Waals surface area contributed by atoms with Crippen molar-refractivity contribution in [3.63, 3.8) is 0 Å². The lowest BCUT2D eigenvalue weighted by molar-refractivity contribution is -0.115. The second-order valence-electron chi connectivity index (χ2n) is 5.34. The van der Waals surface area contributed by atoms with Gasteiger partial charge in [0.05, 0.1) is 12.1 Å². The van der Waals surface area contributed by atoms with Gasteiger partial charge in [0.2, 0.25) is 5.91 Å². The minimum atomic E-state index is -0.127. The van der Waals surface area contributed by atoms with E-state index in [0.717, 1.165) is 21.8 Å². The van der Waals surface area contributed by atoms with Gasteiger partial charge in [-0.1, -0.05) is 41.4 Å². The average Bonchev–Trinajstić information content (AvgIpc) is 2.99. The zero-order chi connectivity index (χ0) is 17.1. The van der Waals surface area contributed by atoms with Crippen molar-refractivity contribution >= 4 is 46.1 Å². The molecule has 2 aromatic carbocycles. The molecule has 3 rings (SSSR count). The Bertz CT molecular complexity index is 892. The van der Waals surface area contributed by atoms with Gasteiger partial charge in [0.1, 0.15) is 5.01 Å². The maximum Gasteiger partial charge on any atom is 0.230 e. The fraction of sp³-hybridized carbons (Fsp3) is 0.111. The lowest BCUT2D eigenvalue weighted by Crippen LogP contribution is -2.14. The molecule has 122 valence electrons. The Morgan fingerprint density at radius 1 is 1.21 bits per heavy atom. The third-order valence-corrected chi connectivity index (χ3v) is 5.00. The van der Waals surface area contributed by atoms with Crippen LogP contribution in [-0.2, 0) is 11.2 Å². The first kappa shape index (κ1) is 17.0. The van der Waals surface area contributed by atoms with E-state index in [2.05, 4.69) is 10.3 Å². The Labute approximate surface area is 154 Å². The molecule has 0 fully saturated rings.